The van der Waals surface area contributed by atoms with Crippen molar-refractivity contribution in [2.75, 3.05) is 6.61 Å². The van der Waals surface area contributed by atoms with Gasteiger partial charge in [-0.05, 0) is 62.1 Å². The number of ether oxygens (including phenoxy) is 2. The molecule has 178 valence electrons. The number of rotatable bonds is 8. The summed E-state index contributed by atoms with van der Waals surface area (Å²) in [6.07, 6.45) is 5.90. The number of nitrogens with one attached hydrogen (secondary N) is 1. The van der Waals surface area contributed by atoms with Crippen LogP contribution in [0.25, 0.3) is 11.0 Å². The first-order chi connectivity index (χ1) is 16.5. The second-order valence-corrected chi connectivity index (χ2v) is 8.70. The lowest BCUT2D eigenvalue weighted by Crippen LogP contribution is -2.38. The Morgan fingerprint density at radius 2 is 1.85 bits per heavy atom. The minimum atomic E-state index is -0.711. The number of fused-ring (bicyclic) bond motifs is 1. The predicted molar refractivity (Wildman–Crippen MR) is 128 cm³/mol. The molecule has 0 unspecified atom stereocenters. The molecular formula is C27H29NO6. The molecule has 4 rings (SSSR count). The molecule has 1 aliphatic rings. The Bertz CT molecular complexity index is 1230. The average molecular weight is 464 g/mol. The molecule has 0 saturated heterocycles. The molecule has 3 aromatic rings. The van der Waals surface area contributed by atoms with Gasteiger partial charge in [0.25, 0.3) is 5.91 Å². The molecule has 1 N–H and O–H groups in total. The van der Waals surface area contributed by atoms with Crippen molar-refractivity contribution in [3.8, 4) is 11.5 Å². The second kappa shape index (κ2) is 11.0. The van der Waals surface area contributed by atoms with Crippen molar-refractivity contribution in [3.63, 3.8) is 0 Å². The maximum atomic E-state index is 12.6. The number of carbonyl (C=O) groups excluding carboxylic acids is 2. The zero-order valence-corrected chi connectivity index (χ0v) is 19.3. The summed E-state index contributed by atoms with van der Waals surface area (Å²) in [6, 6.07) is 14.1. The lowest BCUT2D eigenvalue weighted by molar-refractivity contribution is -0.134. The van der Waals surface area contributed by atoms with Crippen LogP contribution in [0.4, 0.5) is 0 Å². The fourth-order valence-corrected chi connectivity index (χ4v) is 4.12. The number of amides is 1. The smallest absolute Gasteiger partial charge is 0.349 e. The van der Waals surface area contributed by atoms with E-state index in [0.717, 1.165) is 37.0 Å². The summed E-state index contributed by atoms with van der Waals surface area (Å²) in [4.78, 5) is 37.2. The Balaban J connectivity index is 1.32. The molecule has 0 bridgehead atoms. The molecule has 0 radical (unpaired) electrons. The Morgan fingerprint density at radius 3 is 2.65 bits per heavy atom. The lowest BCUT2D eigenvalue weighted by Gasteiger charge is -2.22. The van der Waals surface area contributed by atoms with Crippen LogP contribution in [-0.2, 0) is 4.79 Å². The number of aryl methyl sites for hydroxylation is 1. The maximum absolute atomic E-state index is 12.6. The van der Waals surface area contributed by atoms with E-state index >= 15 is 0 Å². The van der Waals surface area contributed by atoms with Crippen LogP contribution in [0.2, 0.25) is 0 Å². The summed E-state index contributed by atoms with van der Waals surface area (Å²) in [6.45, 7) is 2.39. The van der Waals surface area contributed by atoms with Gasteiger partial charge in [-0.2, -0.15) is 0 Å². The van der Waals surface area contributed by atoms with Crippen molar-refractivity contribution in [2.45, 2.75) is 57.9 Å². The van der Waals surface area contributed by atoms with Crippen molar-refractivity contribution >= 4 is 22.8 Å². The van der Waals surface area contributed by atoms with Gasteiger partial charge in [0.05, 0.1) is 6.61 Å². The third-order valence-corrected chi connectivity index (χ3v) is 5.91. The highest BCUT2D eigenvalue weighted by atomic mass is 16.5. The molecule has 1 aliphatic carbocycles. The monoisotopic (exact) mass is 463 g/mol. The number of benzene rings is 2. The molecular weight excluding hydrogens is 434 g/mol. The van der Waals surface area contributed by atoms with Gasteiger partial charge in [-0.1, -0.05) is 31.4 Å². The van der Waals surface area contributed by atoms with Crippen LogP contribution in [0.1, 0.15) is 60.9 Å². The van der Waals surface area contributed by atoms with Gasteiger partial charge in [-0.15, -0.1) is 0 Å². The molecule has 1 amide bonds. The zero-order valence-electron chi connectivity index (χ0n) is 19.3. The predicted octanol–water partition coefficient (Wildman–Crippen LogP) is 4.93. The first kappa shape index (κ1) is 23.5. The summed E-state index contributed by atoms with van der Waals surface area (Å²) in [5.41, 5.74) is 0.637. The molecule has 2 aromatic carbocycles. The fourth-order valence-electron chi connectivity index (χ4n) is 4.12. The molecule has 1 saturated carbocycles. The largest absolute Gasteiger partial charge is 0.494 e. The average Bonchev–Trinajstić information content (AvgIpc) is 2.82. The second-order valence-electron chi connectivity index (χ2n) is 8.70. The number of hydrogen-bond acceptors (Lipinski definition) is 6. The van der Waals surface area contributed by atoms with Crippen molar-refractivity contribution in [3.05, 3.63) is 70.1 Å². The number of esters is 1. The van der Waals surface area contributed by atoms with E-state index in [1.165, 1.54) is 18.6 Å². The summed E-state index contributed by atoms with van der Waals surface area (Å²) < 4.78 is 16.4. The van der Waals surface area contributed by atoms with Gasteiger partial charge in [0, 0.05) is 23.9 Å². The highest BCUT2D eigenvalue weighted by Crippen LogP contribution is 2.22. The van der Waals surface area contributed by atoms with Crippen molar-refractivity contribution in [2.24, 2.45) is 0 Å². The molecule has 7 heteroatoms. The first-order valence-electron chi connectivity index (χ1n) is 11.8. The molecule has 0 spiro atoms. The normalized spacial score (nSPS) is 14.0. The standard InChI is InChI=1S/C27H29NO6/c1-18-7-5-10-21(15-18)32-14-6-11-25(29)33-22-13-12-19-16-23(27(31)34-24(19)17-22)26(30)28-20-8-3-2-4-9-20/h5,7,10,12-13,15-17,20H,2-4,6,8-9,11,14H2,1H3,(H,28,30). The molecule has 1 fully saturated rings. The van der Waals surface area contributed by atoms with Crippen LogP contribution in [-0.4, -0.2) is 24.5 Å². The van der Waals surface area contributed by atoms with Gasteiger partial charge in [0.1, 0.15) is 22.6 Å². The topological polar surface area (TPSA) is 94.8 Å². The quantitative estimate of drug-likeness (QED) is 0.220. The van der Waals surface area contributed by atoms with Gasteiger partial charge < -0.3 is 19.2 Å². The highest BCUT2D eigenvalue weighted by molar-refractivity contribution is 5.97. The lowest BCUT2D eigenvalue weighted by atomic mass is 9.95. The van der Waals surface area contributed by atoms with E-state index in [0.29, 0.717) is 18.4 Å². The third kappa shape index (κ3) is 6.25. The Hall–Kier alpha value is -3.61. The van der Waals surface area contributed by atoms with E-state index in [-0.39, 0.29) is 29.4 Å². The van der Waals surface area contributed by atoms with Crippen LogP contribution < -0.4 is 20.4 Å². The molecule has 1 aromatic heterocycles. The number of hydrogen-bond donors (Lipinski definition) is 1. The van der Waals surface area contributed by atoms with E-state index in [1.807, 2.05) is 31.2 Å². The van der Waals surface area contributed by atoms with E-state index in [9.17, 15) is 14.4 Å². The SMILES string of the molecule is Cc1cccc(OCCCC(=O)Oc2ccc3cc(C(=O)NC4CCCCC4)c(=O)oc3c2)c1. The van der Waals surface area contributed by atoms with Gasteiger partial charge in [0.15, 0.2) is 0 Å². The molecule has 34 heavy (non-hydrogen) atoms. The minimum Gasteiger partial charge on any atom is -0.494 e. The van der Waals surface area contributed by atoms with Crippen molar-refractivity contribution in [1.82, 2.24) is 5.32 Å². The molecule has 0 aliphatic heterocycles. The van der Waals surface area contributed by atoms with Crippen LogP contribution in [0.15, 0.2) is 57.7 Å². The summed E-state index contributed by atoms with van der Waals surface area (Å²) in [5, 5.41) is 3.52. The third-order valence-electron chi connectivity index (χ3n) is 5.91. The highest BCUT2D eigenvalue weighted by Gasteiger charge is 2.20. The number of carbonyl (C=O) groups is 2. The Morgan fingerprint density at radius 1 is 1.03 bits per heavy atom. The van der Waals surface area contributed by atoms with Gasteiger partial charge in [-0.25, -0.2) is 4.79 Å². The van der Waals surface area contributed by atoms with Crippen molar-refractivity contribution < 1.29 is 23.5 Å². The van der Waals surface area contributed by atoms with E-state index in [4.69, 9.17) is 13.9 Å². The fraction of sp³-hybridized carbons (Fsp3) is 0.370. The van der Waals surface area contributed by atoms with Crippen molar-refractivity contribution in [1.29, 1.82) is 0 Å². The van der Waals surface area contributed by atoms with E-state index in [2.05, 4.69) is 5.32 Å². The summed E-state index contributed by atoms with van der Waals surface area (Å²) in [5.74, 6) is 0.230. The first-order valence-corrected chi connectivity index (χ1v) is 11.8. The summed E-state index contributed by atoms with van der Waals surface area (Å²) >= 11 is 0. The molecule has 7 nitrogen and oxygen atoms in total. The van der Waals surface area contributed by atoms with Crippen LogP contribution >= 0.6 is 0 Å². The van der Waals surface area contributed by atoms with Crippen LogP contribution in [0.3, 0.4) is 0 Å². The molecule has 1 heterocycles. The Kier molecular flexibility index (Phi) is 7.62. The minimum absolute atomic E-state index is 0.0172. The Labute approximate surface area is 198 Å². The van der Waals surface area contributed by atoms with E-state index in [1.54, 1.807) is 12.1 Å². The van der Waals surface area contributed by atoms with Gasteiger partial charge in [0.2, 0.25) is 0 Å². The van der Waals surface area contributed by atoms with Crippen LogP contribution in [0, 0.1) is 6.92 Å². The van der Waals surface area contributed by atoms with E-state index < -0.39 is 17.5 Å². The van der Waals surface area contributed by atoms with Crippen LogP contribution in [0.5, 0.6) is 11.5 Å². The summed E-state index contributed by atoms with van der Waals surface area (Å²) in [7, 11) is 0. The van der Waals surface area contributed by atoms with Gasteiger partial charge in [-0.3, -0.25) is 9.59 Å². The van der Waals surface area contributed by atoms with Gasteiger partial charge >= 0.3 is 11.6 Å². The molecule has 0 atom stereocenters. The maximum Gasteiger partial charge on any atom is 0.349 e. The zero-order chi connectivity index (χ0) is 23.9.